The monoisotopic (exact) mass is 333 g/mol. The molecule has 4 heteroatoms. The van der Waals surface area contributed by atoms with Crippen LogP contribution in [0.2, 0.25) is 0 Å². The van der Waals surface area contributed by atoms with Crippen molar-refractivity contribution >= 4 is 6.21 Å². The van der Waals surface area contributed by atoms with Gasteiger partial charge in [-0.3, -0.25) is 0 Å². The van der Waals surface area contributed by atoms with Crippen molar-refractivity contribution in [3.63, 3.8) is 0 Å². The van der Waals surface area contributed by atoms with E-state index in [2.05, 4.69) is 17.8 Å². The smallest absolute Gasteiger partial charge is 0.171 e. The minimum Gasteiger partial charge on any atom is -1.00 e. The Morgan fingerprint density at radius 2 is 1.94 bits per heavy atom. The van der Waals surface area contributed by atoms with E-state index in [-0.39, 0.29) is 24.0 Å². The highest BCUT2D eigenvalue weighted by Crippen LogP contribution is 2.29. The van der Waals surface area contributed by atoms with Crippen molar-refractivity contribution in [3.05, 3.63) is 23.3 Å². The zero-order valence-corrected chi connectivity index (χ0v) is 11.9. The Morgan fingerprint density at radius 1 is 1.19 bits per heavy atom. The third-order valence-electron chi connectivity index (χ3n) is 2.75. The zero-order valence-electron chi connectivity index (χ0n) is 9.79. The molecule has 88 valence electrons. The minimum absolute atomic E-state index is 0. The van der Waals surface area contributed by atoms with Crippen LogP contribution >= 0.6 is 0 Å². The molecule has 0 saturated heterocycles. The Kier molecular flexibility index (Phi) is 4.58. The molecule has 0 spiro atoms. The van der Waals surface area contributed by atoms with Crippen molar-refractivity contribution in [1.82, 2.24) is 0 Å². The fraction of sp³-hybridized carbons (Fsp3) is 0.417. The van der Waals surface area contributed by atoms with Gasteiger partial charge in [0, 0.05) is 23.6 Å². The average Bonchev–Trinajstić information content (AvgIpc) is 2.26. The maximum absolute atomic E-state index is 5.37. The van der Waals surface area contributed by atoms with Crippen LogP contribution in [0.5, 0.6) is 11.5 Å². The van der Waals surface area contributed by atoms with Crippen LogP contribution < -0.4 is 33.5 Å². The molecule has 0 aliphatic carbocycles. The minimum atomic E-state index is 0. The molecular formula is C12H16INO2. The van der Waals surface area contributed by atoms with Crippen molar-refractivity contribution in [2.75, 3.05) is 27.8 Å². The van der Waals surface area contributed by atoms with Gasteiger partial charge in [-0.2, -0.15) is 0 Å². The first kappa shape index (κ1) is 13.3. The van der Waals surface area contributed by atoms with Crippen LogP contribution in [0, 0.1) is 0 Å². The average molecular weight is 333 g/mol. The molecule has 0 fully saturated rings. The van der Waals surface area contributed by atoms with Gasteiger partial charge in [-0.25, -0.2) is 4.58 Å². The molecule has 0 bridgehead atoms. The molecule has 1 aromatic rings. The summed E-state index contributed by atoms with van der Waals surface area (Å²) in [5.74, 6) is 1.77. The van der Waals surface area contributed by atoms with Crippen LogP contribution in [-0.2, 0) is 6.42 Å². The quantitative estimate of drug-likeness (QED) is 0.477. The fourth-order valence-electron chi connectivity index (χ4n) is 1.91. The predicted molar refractivity (Wildman–Crippen MR) is 59.5 cm³/mol. The predicted octanol–water partition coefficient (Wildman–Crippen LogP) is -1.67. The maximum atomic E-state index is 5.37. The summed E-state index contributed by atoms with van der Waals surface area (Å²) in [7, 11) is 5.45. The fourth-order valence-corrected chi connectivity index (χ4v) is 1.91. The van der Waals surface area contributed by atoms with Gasteiger partial charge in [-0.15, -0.1) is 0 Å². The van der Waals surface area contributed by atoms with E-state index in [1.807, 2.05) is 12.1 Å². The molecule has 0 N–H and O–H groups in total. The highest BCUT2D eigenvalue weighted by Gasteiger charge is 2.18. The van der Waals surface area contributed by atoms with Gasteiger partial charge in [0.2, 0.25) is 0 Å². The lowest BCUT2D eigenvalue weighted by Gasteiger charge is -2.15. The molecule has 0 amide bonds. The number of fused-ring (bicyclic) bond motifs is 1. The zero-order chi connectivity index (χ0) is 10.8. The third kappa shape index (κ3) is 2.48. The Balaban J connectivity index is 0.00000128. The van der Waals surface area contributed by atoms with Gasteiger partial charge < -0.3 is 33.5 Å². The standard InChI is InChI=1S/C12H16NO2.HI/c1-13-5-4-11-9(8-13)6-10(14-2)7-12(11)15-3;/h6-8H,4-5H2,1-3H3;1H/q+1;/p-1. The molecule has 0 radical (unpaired) electrons. The summed E-state index contributed by atoms with van der Waals surface area (Å²) < 4.78 is 12.8. The van der Waals surface area contributed by atoms with Crippen molar-refractivity contribution in [2.24, 2.45) is 0 Å². The lowest BCUT2D eigenvalue weighted by atomic mass is 10.0. The number of hydrogen-bond donors (Lipinski definition) is 0. The van der Waals surface area contributed by atoms with Crippen molar-refractivity contribution < 1.29 is 38.0 Å². The first-order valence-corrected chi connectivity index (χ1v) is 5.04. The first-order valence-electron chi connectivity index (χ1n) is 5.04. The van der Waals surface area contributed by atoms with Crippen molar-refractivity contribution in [2.45, 2.75) is 6.42 Å². The second-order valence-electron chi connectivity index (χ2n) is 3.76. The highest BCUT2D eigenvalue weighted by atomic mass is 127. The third-order valence-corrected chi connectivity index (χ3v) is 2.75. The number of nitrogens with zero attached hydrogens (tertiary/aromatic N) is 1. The lowest BCUT2D eigenvalue weighted by Crippen LogP contribution is -3.00. The summed E-state index contributed by atoms with van der Waals surface area (Å²) in [5.41, 5.74) is 2.47. The highest BCUT2D eigenvalue weighted by molar-refractivity contribution is 5.81. The molecule has 1 aliphatic heterocycles. The van der Waals surface area contributed by atoms with E-state index >= 15 is 0 Å². The molecule has 3 nitrogen and oxygen atoms in total. The van der Waals surface area contributed by atoms with Gasteiger partial charge >= 0.3 is 0 Å². The summed E-state index contributed by atoms with van der Waals surface area (Å²) in [4.78, 5) is 0. The van der Waals surface area contributed by atoms with Crippen molar-refractivity contribution in [1.29, 1.82) is 0 Å². The SMILES string of the molecule is COc1cc2c(c(OC)c1)CC[N+](C)=C2.[I-]. The lowest BCUT2D eigenvalue weighted by molar-refractivity contribution is -0.493. The molecule has 0 saturated carbocycles. The first-order chi connectivity index (χ1) is 7.24. The summed E-state index contributed by atoms with van der Waals surface area (Å²) in [5, 5.41) is 0. The van der Waals surface area contributed by atoms with Crippen LogP contribution in [0.3, 0.4) is 0 Å². The van der Waals surface area contributed by atoms with Gasteiger partial charge in [0.1, 0.15) is 25.1 Å². The molecule has 1 aliphatic rings. The number of rotatable bonds is 2. The van der Waals surface area contributed by atoms with Gasteiger partial charge in [-0.1, -0.05) is 0 Å². The van der Waals surface area contributed by atoms with Crippen LogP contribution in [0.15, 0.2) is 12.1 Å². The van der Waals surface area contributed by atoms with E-state index < -0.39 is 0 Å². The van der Waals surface area contributed by atoms with E-state index in [0.29, 0.717) is 0 Å². The second-order valence-corrected chi connectivity index (χ2v) is 3.76. The number of ether oxygens (including phenoxy) is 2. The summed E-state index contributed by atoms with van der Waals surface area (Å²) in [6, 6.07) is 3.99. The number of hydrogen-bond acceptors (Lipinski definition) is 2. The maximum Gasteiger partial charge on any atom is 0.171 e. The Labute approximate surface area is 113 Å². The van der Waals surface area contributed by atoms with E-state index in [4.69, 9.17) is 9.47 Å². The number of likely N-dealkylation sites (N-methyl/N-ethyl adjacent to an activating group) is 1. The Hall–Kier alpha value is -0.780. The molecule has 2 rings (SSSR count). The summed E-state index contributed by atoms with van der Waals surface area (Å²) in [6.45, 7) is 1.04. The van der Waals surface area contributed by atoms with Crippen LogP contribution in [-0.4, -0.2) is 38.6 Å². The van der Waals surface area contributed by atoms with E-state index in [0.717, 1.165) is 24.5 Å². The molecule has 1 aromatic carbocycles. The molecule has 16 heavy (non-hydrogen) atoms. The number of methoxy groups -OCH3 is 2. The van der Waals surface area contributed by atoms with Crippen molar-refractivity contribution in [3.8, 4) is 11.5 Å². The number of halogens is 1. The van der Waals surface area contributed by atoms with Gasteiger partial charge in [0.15, 0.2) is 6.21 Å². The van der Waals surface area contributed by atoms with Crippen LogP contribution in [0.4, 0.5) is 0 Å². The summed E-state index contributed by atoms with van der Waals surface area (Å²) >= 11 is 0. The second kappa shape index (κ2) is 5.52. The molecular weight excluding hydrogens is 317 g/mol. The largest absolute Gasteiger partial charge is 1.00 e. The van der Waals surface area contributed by atoms with E-state index in [1.54, 1.807) is 14.2 Å². The molecule has 1 heterocycles. The normalized spacial score (nSPS) is 13.3. The molecule has 0 unspecified atom stereocenters. The Bertz CT molecular complexity index is 416. The topological polar surface area (TPSA) is 21.5 Å². The molecule has 0 aromatic heterocycles. The van der Waals surface area contributed by atoms with Crippen LogP contribution in [0.25, 0.3) is 0 Å². The number of benzene rings is 1. The van der Waals surface area contributed by atoms with Gasteiger partial charge in [-0.05, 0) is 6.07 Å². The van der Waals surface area contributed by atoms with Crippen LogP contribution in [0.1, 0.15) is 11.1 Å². The van der Waals surface area contributed by atoms with E-state index in [1.165, 1.54) is 11.1 Å². The molecule has 0 atom stereocenters. The van der Waals surface area contributed by atoms with E-state index in [9.17, 15) is 0 Å². The van der Waals surface area contributed by atoms with Gasteiger partial charge in [0.25, 0.3) is 0 Å². The summed E-state index contributed by atoms with van der Waals surface area (Å²) in [6.07, 6.45) is 3.15. The Morgan fingerprint density at radius 3 is 2.56 bits per heavy atom. The van der Waals surface area contributed by atoms with Gasteiger partial charge in [0.05, 0.1) is 14.2 Å².